The highest BCUT2D eigenvalue weighted by atomic mass is 127. The summed E-state index contributed by atoms with van der Waals surface area (Å²) in [6.07, 6.45) is 4.87. The molecular formula is C19H19IO5S. The van der Waals surface area contributed by atoms with Gasteiger partial charge < -0.3 is 4.74 Å². The van der Waals surface area contributed by atoms with Crippen LogP contribution < -0.4 is 4.74 Å². The summed E-state index contributed by atoms with van der Waals surface area (Å²) in [7, 11) is -4.33. The van der Waals surface area contributed by atoms with Crippen molar-refractivity contribution in [1.29, 1.82) is 0 Å². The van der Waals surface area contributed by atoms with Gasteiger partial charge in [0.1, 0.15) is 5.75 Å². The van der Waals surface area contributed by atoms with Gasteiger partial charge in [-0.3, -0.25) is 4.55 Å². The van der Waals surface area contributed by atoms with Gasteiger partial charge in [0.2, 0.25) is 0 Å². The Morgan fingerprint density at radius 1 is 1.04 bits per heavy atom. The van der Waals surface area contributed by atoms with E-state index < -0.39 is 16.1 Å². The van der Waals surface area contributed by atoms with Crippen LogP contribution in [-0.2, 0) is 10.1 Å². The quantitative estimate of drug-likeness (QED) is 0.291. The Hall–Kier alpha value is -1.45. The molecule has 26 heavy (non-hydrogen) atoms. The van der Waals surface area contributed by atoms with Crippen molar-refractivity contribution in [2.75, 3.05) is 0 Å². The lowest BCUT2D eigenvalue weighted by Gasteiger charge is -2.24. The van der Waals surface area contributed by atoms with Crippen molar-refractivity contribution in [2.45, 2.75) is 42.9 Å². The highest BCUT2D eigenvalue weighted by molar-refractivity contribution is 14.1. The zero-order chi connectivity index (χ0) is 18.7. The molecule has 0 spiro atoms. The topological polar surface area (TPSA) is 80.7 Å². The summed E-state index contributed by atoms with van der Waals surface area (Å²) in [6.45, 7) is 0. The van der Waals surface area contributed by atoms with Crippen LogP contribution in [0.4, 0.5) is 0 Å². The number of rotatable bonds is 4. The van der Waals surface area contributed by atoms with E-state index in [1.807, 2.05) is 12.1 Å². The van der Waals surface area contributed by atoms with E-state index >= 15 is 0 Å². The third-order valence-electron chi connectivity index (χ3n) is 4.59. The van der Waals surface area contributed by atoms with Crippen LogP contribution in [0.25, 0.3) is 0 Å². The van der Waals surface area contributed by atoms with E-state index in [1.165, 1.54) is 12.1 Å². The van der Waals surface area contributed by atoms with Gasteiger partial charge in [-0.15, -0.1) is 0 Å². The zero-order valence-electron chi connectivity index (χ0n) is 14.0. The number of hydrogen-bond donors (Lipinski definition) is 1. The van der Waals surface area contributed by atoms with Crippen LogP contribution in [0.5, 0.6) is 5.75 Å². The number of carbonyl (C=O) groups is 1. The molecule has 3 rings (SSSR count). The predicted octanol–water partition coefficient (Wildman–Crippen LogP) is 4.80. The van der Waals surface area contributed by atoms with E-state index in [1.54, 1.807) is 18.2 Å². The molecule has 5 nitrogen and oxygen atoms in total. The summed E-state index contributed by atoms with van der Waals surface area (Å²) in [5, 5.41) is 0. The molecular weight excluding hydrogens is 467 g/mol. The molecule has 0 radical (unpaired) electrons. The highest BCUT2D eigenvalue weighted by Crippen LogP contribution is 2.37. The van der Waals surface area contributed by atoms with Gasteiger partial charge in [0.15, 0.2) is 0 Å². The summed E-state index contributed by atoms with van der Waals surface area (Å²) < 4.78 is 39.4. The minimum atomic E-state index is -4.33. The Morgan fingerprint density at radius 3 is 2.31 bits per heavy atom. The van der Waals surface area contributed by atoms with E-state index in [0.717, 1.165) is 35.7 Å². The van der Waals surface area contributed by atoms with E-state index in [9.17, 15) is 17.8 Å². The molecule has 0 aromatic heterocycles. The first-order valence-electron chi connectivity index (χ1n) is 8.44. The van der Waals surface area contributed by atoms with Gasteiger partial charge in [-0.05, 0) is 89.4 Å². The van der Waals surface area contributed by atoms with Crippen LogP contribution in [-0.4, -0.2) is 18.9 Å². The van der Waals surface area contributed by atoms with Gasteiger partial charge in [0.05, 0.1) is 10.5 Å². The first kappa shape index (κ1) is 19.3. The second kappa shape index (κ2) is 8.06. The molecule has 0 atom stereocenters. The van der Waals surface area contributed by atoms with E-state index in [0.29, 0.717) is 11.1 Å². The number of benzene rings is 2. The van der Waals surface area contributed by atoms with Gasteiger partial charge in [-0.1, -0.05) is 19.3 Å². The average molecular weight is 486 g/mol. The maximum Gasteiger partial charge on any atom is 0.343 e. The monoisotopic (exact) mass is 486 g/mol. The zero-order valence-corrected chi connectivity index (χ0v) is 17.0. The van der Waals surface area contributed by atoms with Crippen LogP contribution in [0, 0.1) is 3.57 Å². The first-order valence-corrected chi connectivity index (χ1v) is 11.0. The van der Waals surface area contributed by atoms with Gasteiger partial charge in [0.25, 0.3) is 10.1 Å². The summed E-state index contributed by atoms with van der Waals surface area (Å²) in [5.41, 5.74) is 0.948. The fourth-order valence-corrected chi connectivity index (χ4v) is 4.43. The molecule has 1 aliphatic carbocycles. The van der Waals surface area contributed by atoms with Gasteiger partial charge >= 0.3 is 5.97 Å². The number of carbonyl (C=O) groups excluding carboxylic acids is 1. The van der Waals surface area contributed by atoms with Crippen molar-refractivity contribution >= 4 is 38.7 Å². The predicted molar refractivity (Wildman–Crippen MR) is 106 cm³/mol. The Kier molecular flexibility index (Phi) is 5.99. The Bertz CT molecular complexity index is 900. The van der Waals surface area contributed by atoms with Crippen LogP contribution in [0.1, 0.15) is 53.9 Å². The lowest BCUT2D eigenvalue weighted by molar-refractivity contribution is 0.0734. The molecule has 7 heteroatoms. The largest absolute Gasteiger partial charge is 0.423 e. The molecule has 0 saturated heterocycles. The fourth-order valence-electron chi connectivity index (χ4n) is 3.31. The minimum Gasteiger partial charge on any atom is -0.423 e. The molecule has 138 valence electrons. The third-order valence-corrected chi connectivity index (χ3v) is 6.24. The molecule has 0 bridgehead atoms. The third kappa shape index (κ3) is 4.63. The SMILES string of the molecule is O=C(Oc1ccc(S(=O)(=O)O)c(C2CCCCC2)c1)c1ccc(I)cc1. The van der Waals surface area contributed by atoms with Crippen molar-refractivity contribution < 1.29 is 22.5 Å². The molecule has 2 aromatic carbocycles. The Morgan fingerprint density at radius 2 is 1.69 bits per heavy atom. The molecule has 1 fully saturated rings. The molecule has 0 unspecified atom stereocenters. The summed E-state index contributed by atoms with van der Waals surface area (Å²) in [4.78, 5) is 12.2. The van der Waals surface area contributed by atoms with Crippen LogP contribution in [0.15, 0.2) is 47.4 Å². The highest BCUT2D eigenvalue weighted by Gasteiger charge is 2.25. The number of hydrogen-bond acceptors (Lipinski definition) is 4. The first-order chi connectivity index (χ1) is 12.3. The van der Waals surface area contributed by atoms with E-state index in [-0.39, 0.29) is 16.6 Å². The summed E-state index contributed by atoms with van der Waals surface area (Å²) in [5.74, 6) is -0.185. The molecule has 1 saturated carbocycles. The molecule has 0 amide bonds. The normalized spacial score (nSPS) is 15.6. The summed E-state index contributed by atoms with van der Waals surface area (Å²) >= 11 is 2.15. The van der Waals surface area contributed by atoms with Gasteiger partial charge in [0, 0.05) is 3.57 Å². The van der Waals surface area contributed by atoms with Crippen molar-refractivity contribution in [2.24, 2.45) is 0 Å². The van der Waals surface area contributed by atoms with E-state index in [2.05, 4.69) is 22.6 Å². The maximum absolute atomic E-state index is 12.3. The van der Waals surface area contributed by atoms with E-state index in [4.69, 9.17) is 4.74 Å². The average Bonchev–Trinajstić information content (AvgIpc) is 2.62. The van der Waals surface area contributed by atoms with Crippen molar-refractivity contribution in [3.63, 3.8) is 0 Å². The van der Waals surface area contributed by atoms with Gasteiger partial charge in [-0.2, -0.15) is 8.42 Å². The van der Waals surface area contributed by atoms with Crippen molar-refractivity contribution in [3.8, 4) is 5.75 Å². The van der Waals surface area contributed by atoms with Crippen LogP contribution in [0.3, 0.4) is 0 Å². The number of esters is 1. The number of halogens is 1. The smallest absolute Gasteiger partial charge is 0.343 e. The molecule has 1 N–H and O–H groups in total. The number of ether oxygens (including phenoxy) is 1. The fraction of sp³-hybridized carbons (Fsp3) is 0.316. The Balaban J connectivity index is 1.90. The van der Waals surface area contributed by atoms with Gasteiger partial charge in [-0.25, -0.2) is 4.79 Å². The van der Waals surface area contributed by atoms with Crippen LogP contribution >= 0.6 is 22.6 Å². The second-order valence-corrected chi connectivity index (χ2v) is 9.04. The lowest BCUT2D eigenvalue weighted by atomic mass is 9.84. The maximum atomic E-state index is 12.3. The molecule has 0 aliphatic heterocycles. The standard InChI is InChI=1S/C19H19IO5S/c20-15-8-6-14(7-9-15)19(21)25-16-10-11-18(26(22,23)24)17(12-16)13-4-2-1-3-5-13/h6-13H,1-5H2,(H,22,23,24). The van der Waals surface area contributed by atoms with Crippen LogP contribution in [0.2, 0.25) is 0 Å². The second-order valence-electron chi connectivity index (χ2n) is 6.41. The molecule has 1 aliphatic rings. The van der Waals surface area contributed by atoms with Crippen molar-refractivity contribution in [3.05, 3.63) is 57.2 Å². The molecule has 2 aromatic rings. The minimum absolute atomic E-state index is 0.0395. The van der Waals surface area contributed by atoms with Crippen molar-refractivity contribution in [1.82, 2.24) is 0 Å². The Labute approximate surface area is 166 Å². The lowest BCUT2D eigenvalue weighted by Crippen LogP contribution is -2.13. The summed E-state index contributed by atoms with van der Waals surface area (Å²) in [6, 6.07) is 11.3. The molecule has 0 heterocycles.